The van der Waals surface area contributed by atoms with Gasteiger partial charge in [0.25, 0.3) is 0 Å². The van der Waals surface area contributed by atoms with Crippen molar-refractivity contribution in [2.75, 3.05) is 6.54 Å². The fourth-order valence-electron chi connectivity index (χ4n) is 5.56. The lowest BCUT2D eigenvalue weighted by Gasteiger charge is -2.50. The van der Waals surface area contributed by atoms with Gasteiger partial charge < -0.3 is 4.98 Å². The molecule has 1 aromatic heterocycles. The third-order valence-electron chi connectivity index (χ3n) is 6.68. The Morgan fingerprint density at radius 3 is 2.82 bits per heavy atom. The molecule has 0 radical (unpaired) electrons. The number of fused-ring (bicyclic) bond motifs is 6. The van der Waals surface area contributed by atoms with Gasteiger partial charge in [-0.05, 0) is 49.7 Å². The van der Waals surface area contributed by atoms with Crippen LogP contribution in [0.2, 0.25) is 0 Å². The Hall–Kier alpha value is -1.28. The molecule has 4 atom stereocenters. The van der Waals surface area contributed by atoms with E-state index in [4.69, 9.17) is 0 Å². The molecular formula is C20H26N2. The summed E-state index contributed by atoms with van der Waals surface area (Å²) in [4.78, 5) is 6.61. The molecule has 1 saturated heterocycles. The number of H-pyrrole nitrogens is 1. The zero-order valence-electron chi connectivity index (χ0n) is 13.5. The van der Waals surface area contributed by atoms with Crippen LogP contribution in [0.1, 0.15) is 56.3 Å². The number of hydrogen-bond donors (Lipinski definition) is 1. The van der Waals surface area contributed by atoms with Crippen LogP contribution in [0.3, 0.4) is 0 Å². The van der Waals surface area contributed by atoms with Crippen molar-refractivity contribution in [2.45, 2.75) is 57.5 Å². The van der Waals surface area contributed by atoms with E-state index in [1.165, 1.54) is 56.0 Å². The van der Waals surface area contributed by atoms with Gasteiger partial charge in [-0.15, -0.1) is 0 Å². The third kappa shape index (κ3) is 1.83. The van der Waals surface area contributed by atoms with Gasteiger partial charge in [0.05, 0.1) is 6.04 Å². The van der Waals surface area contributed by atoms with Crippen molar-refractivity contribution in [3.05, 3.63) is 35.5 Å². The maximum absolute atomic E-state index is 3.79. The van der Waals surface area contributed by atoms with Crippen molar-refractivity contribution in [2.24, 2.45) is 11.8 Å². The van der Waals surface area contributed by atoms with Crippen molar-refractivity contribution in [3.8, 4) is 0 Å². The van der Waals surface area contributed by atoms with Crippen molar-refractivity contribution < 1.29 is 0 Å². The second-order valence-electron chi connectivity index (χ2n) is 7.87. The average Bonchev–Trinajstić information content (AvgIpc) is 2.93. The van der Waals surface area contributed by atoms with Gasteiger partial charge >= 0.3 is 0 Å². The summed E-state index contributed by atoms with van der Waals surface area (Å²) in [5, 5.41) is 1.47. The molecule has 3 aliphatic rings. The van der Waals surface area contributed by atoms with E-state index >= 15 is 0 Å². The molecule has 1 aliphatic carbocycles. The highest BCUT2D eigenvalue weighted by Crippen LogP contribution is 2.48. The Kier molecular flexibility index (Phi) is 2.91. The van der Waals surface area contributed by atoms with Gasteiger partial charge in [0, 0.05) is 29.2 Å². The van der Waals surface area contributed by atoms with Gasteiger partial charge in [-0.25, -0.2) is 0 Å². The first-order valence-electron chi connectivity index (χ1n) is 9.16. The highest BCUT2D eigenvalue weighted by atomic mass is 15.2. The van der Waals surface area contributed by atoms with E-state index in [-0.39, 0.29) is 0 Å². The minimum atomic E-state index is 0.644. The van der Waals surface area contributed by atoms with E-state index in [1.54, 1.807) is 11.3 Å². The van der Waals surface area contributed by atoms with Gasteiger partial charge in [-0.3, -0.25) is 4.90 Å². The second kappa shape index (κ2) is 4.86. The molecule has 22 heavy (non-hydrogen) atoms. The number of rotatable bonds is 0. The number of benzene rings is 1. The molecule has 1 saturated carbocycles. The van der Waals surface area contributed by atoms with Crippen LogP contribution in [-0.2, 0) is 6.42 Å². The van der Waals surface area contributed by atoms with Crippen molar-refractivity contribution in [1.29, 1.82) is 0 Å². The van der Waals surface area contributed by atoms with Crippen LogP contribution in [0.4, 0.5) is 0 Å². The molecular weight excluding hydrogens is 268 g/mol. The fourth-order valence-corrected chi connectivity index (χ4v) is 5.56. The van der Waals surface area contributed by atoms with Crippen LogP contribution in [-0.4, -0.2) is 22.5 Å². The summed E-state index contributed by atoms with van der Waals surface area (Å²) in [6, 6.07) is 10.2. The normalized spacial score (nSPS) is 35.0. The van der Waals surface area contributed by atoms with Crippen molar-refractivity contribution in [3.63, 3.8) is 0 Å². The zero-order chi connectivity index (χ0) is 14.7. The Morgan fingerprint density at radius 2 is 1.91 bits per heavy atom. The monoisotopic (exact) mass is 294 g/mol. The largest absolute Gasteiger partial charge is 0.357 e. The Balaban J connectivity index is 1.59. The number of hydrogen-bond acceptors (Lipinski definition) is 1. The number of nitrogens with one attached hydrogen (secondary N) is 1. The van der Waals surface area contributed by atoms with Crippen LogP contribution in [0.25, 0.3) is 10.9 Å². The van der Waals surface area contributed by atoms with E-state index in [0.717, 1.165) is 11.8 Å². The predicted molar refractivity (Wildman–Crippen MR) is 91.0 cm³/mol. The molecule has 2 aliphatic heterocycles. The summed E-state index contributed by atoms with van der Waals surface area (Å²) in [5.41, 5.74) is 4.49. The summed E-state index contributed by atoms with van der Waals surface area (Å²) in [6.07, 6.45) is 8.47. The lowest BCUT2D eigenvalue weighted by Crippen LogP contribution is -2.50. The third-order valence-corrected chi connectivity index (χ3v) is 6.68. The summed E-state index contributed by atoms with van der Waals surface area (Å²) in [5.74, 6) is 1.94. The minimum Gasteiger partial charge on any atom is -0.357 e. The molecule has 116 valence electrons. The number of aromatic amines is 1. The second-order valence-corrected chi connectivity index (χ2v) is 7.87. The zero-order valence-corrected chi connectivity index (χ0v) is 13.5. The Labute approximate surface area is 132 Å². The van der Waals surface area contributed by atoms with Crippen LogP contribution in [0.15, 0.2) is 24.3 Å². The predicted octanol–water partition coefficient (Wildman–Crippen LogP) is 4.67. The lowest BCUT2D eigenvalue weighted by atomic mass is 9.70. The van der Waals surface area contributed by atoms with Crippen LogP contribution < -0.4 is 0 Å². The molecule has 2 fully saturated rings. The summed E-state index contributed by atoms with van der Waals surface area (Å²) >= 11 is 0. The fraction of sp³-hybridized carbons (Fsp3) is 0.600. The van der Waals surface area contributed by atoms with E-state index in [2.05, 4.69) is 41.1 Å². The van der Waals surface area contributed by atoms with Gasteiger partial charge in [-0.2, -0.15) is 0 Å². The number of para-hydroxylation sites is 1. The topological polar surface area (TPSA) is 19.0 Å². The van der Waals surface area contributed by atoms with Crippen molar-refractivity contribution >= 4 is 10.9 Å². The molecule has 2 nitrogen and oxygen atoms in total. The highest BCUT2D eigenvalue weighted by Gasteiger charge is 2.43. The van der Waals surface area contributed by atoms with Gasteiger partial charge in [0.15, 0.2) is 0 Å². The molecule has 2 heteroatoms. The number of nitrogens with zero attached hydrogens (tertiary/aromatic N) is 1. The minimum absolute atomic E-state index is 0.644. The SMILES string of the molecule is C[C@@H]1Cc2c([nH]c3ccccc23)[C@@H]2C[C@H]3CCCC[C@@H]3CN12. The van der Waals surface area contributed by atoms with Crippen molar-refractivity contribution in [1.82, 2.24) is 9.88 Å². The van der Waals surface area contributed by atoms with Gasteiger partial charge in [0.2, 0.25) is 0 Å². The summed E-state index contributed by atoms with van der Waals surface area (Å²) in [7, 11) is 0. The first kappa shape index (κ1) is 13.2. The molecule has 1 aromatic carbocycles. The molecule has 5 rings (SSSR count). The quantitative estimate of drug-likeness (QED) is 0.748. The first-order chi connectivity index (χ1) is 10.8. The maximum atomic E-state index is 3.79. The molecule has 0 unspecified atom stereocenters. The smallest absolute Gasteiger partial charge is 0.0507 e. The lowest BCUT2D eigenvalue weighted by molar-refractivity contribution is 0.00372. The first-order valence-corrected chi connectivity index (χ1v) is 9.16. The van der Waals surface area contributed by atoms with E-state index < -0.39 is 0 Å². The van der Waals surface area contributed by atoms with E-state index in [9.17, 15) is 0 Å². The van der Waals surface area contributed by atoms with E-state index in [0.29, 0.717) is 12.1 Å². The maximum Gasteiger partial charge on any atom is 0.0507 e. The standard InChI is InChI=1S/C20H26N2/c1-13-10-17-16-8-4-5-9-18(16)21-20(17)19-11-14-6-2-3-7-15(14)12-22(13)19/h4-5,8-9,13-15,19,21H,2-3,6-7,10-12H2,1H3/t13-,14-,15-,19+/m1/s1. The molecule has 2 aromatic rings. The van der Waals surface area contributed by atoms with Gasteiger partial charge in [-0.1, -0.05) is 37.5 Å². The molecule has 1 N–H and O–H groups in total. The number of aromatic nitrogens is 1. The number of piperidine rings is 1. The Bertz CT molecular complexity index is 701. The summed E-state index contributed by atoms with van der Waals surface area (Å²) in [6.45, 7) is 3.78. The highest BCUT2D eigenvalue weighted by molar-refractivity contribution is 5.85. The summed E-state index contributed by atoms with van der Waals surface area (Å²) < 4.78 is 0. The van der Waals surface area contributed by atoms with E-state index in [1.807, 2.05) is 0 Å². The van der Waals surface area contributed by atoms with Gasteiger partial charge in [0.1, 0.15) is 0 Å². The Morgan fingerprint density at radius 1 is 1.09 bits per heavy atom. The van der Waals surface area contributed by atoms with Crippen LogP contribution >= 0.6 is 0 Å². The van der Waals surface area contributed by atoms with Crippen LogP contribution in [0.5, 0.6) is 0 Å². The molecule has 0 bridgehead atoms. The van der Waals surface area contributed by atoms with Crippen LogP contribution in [0, 0.1) is 11.8 Å². The molecule has 3 heterocycles. The molecule has 0 amide bonds. The molecule has 0 spiro atoms. The average molecular weight is 294 g/mol.